The lowest BCUT2D eigenvalue weighted by atomic mass is 9.90. The Hall–Kier alpha value is -2.45. The van der Waals surface area contributed by atoms with E-state index in [2.05, 4.69) is 15.4 Å². The lowest BCUT2D eigenvalue weighted by Gasteiger charge is -2.28. The van der Waals surface area contributed by atoms with Crippen LogP contribution in [0.1, 0.15) is 32.3 Å². The summed E-state index contributed by atoms with van der Waals surface area (Å²) in [7, 11) is 0. The van der Waals surface area contributed by atoms with Gasteiger partial charge in [-0.05, 0) is 50.3 Å². The highest BCUT2D eigenvalue weighted by molar-refractivity contribution is 5.86. The van der Waals surface area contributed by atoms with E-state index in [1.165, 1.54) is 0 Å². The zero-order valence-electron chi connectivity index (χ0n) is 14.4. The molecular formula is C17H21F3N2O4. The van der Waals surface area contributed by atoms with Crippen molar-refractivity contribution < 1.29 is 32.6 Å². The summed E-state index contributed by atoms with van der Waals surface area (Å²) in [5.74, 6) is -0.648. The van der Waals surface area contributed by atoms with Crippen LogP contribution in [0.2, 0.25) is 0 Å². The van der Waals surface area contributed by atoms with E-state index in [0.29, 0.717) is 25.1 Å². The molecule has 26 heavy (non-hydrogen) atoms. The van der Waals surface area contributed by atoms with Crippen molar-refractivity contribution in [3.8, 4) is 0 Å². The number of ether oxygens (including phenoxy) is 1. The Labute approximate surface area is 148 Å². The van der Waals surface area contributed by atoms with Crippen LogP contribution in [0.3, 0.4) is 0 Å². The number of carbonyl (C=O) groups excluding carboxylic acids is 1. The van der Waals surface area contributed by atoms with Crippen LogP contribution in [0.4, 0.5) is 29.3 Å². The number of carbonyl (C=O) groups is 2. The number of fused-ring (bicyclic) bond motifs is 1. The first-order chi connectivity index (χ1) is 12.0. The van der Waals surface area contributed by atoms with Crippen molar-refractivity contribution in [1.29, 1.82) is 0 Å². The monoisotopic (exact) mass is 374 g/mol. The Morgan fingerprint density at radius 2 is 2.04 bits per heavy atom. The van der Waals surface area contributed by atoms with Crippen molar-refractivity contribution in [2.45, 2.75) is 44.9 Å². The van der Waals surface area contributed by atoms with Crippen molar-refractivity contribution in [3.05, 3.63) is 23.8 Å². The molecule has 0 spiro atoms. The number of nitrogens with one attached hydrogen (secondary N) is 2. The topological polar surface area (TPSA) is 87.7 Å². The molecule has 1 aromatic carbocycles. The summed E-state index contributed by atoms with van der Waals surface area (Å²) in [4.78, 5) is 22.4. The number of aliphatic carboxylic acids is 1. The average molecular weight is 374 g/mol. The first kappa shape index (κ1) is 19.9. The van der Waals surface area contributed by atoms with Gasteiger partial charge in [0.05, 0.1) is 0 Å². The molecule has 0 bridgehead atoms. The van der Waals surface area contributed by atoms with Crippen LogP contribution in [0.15, 0.2) is 18.2 Å². The van der Waals surface area contributed by atoms with E-state index >= 15 is 0 Å². The maximum absolute atomic E-state index is 12.8. The Morgan fingerprint density at radius 1 is 1.35 bits per heavy atom. The smallest absolute Gasteiger partial charge is 0.427 e. The molecule has 1 unspecified atom stereocenters. The predicted molar refractivity (Wildman–Crippen MR) is 89.2 cm³/mol. The second-order valence-electron chi connectivity index (χ2n) is 6.78. The molecule has 1 aliphatic heterocycles. The normalized spacial score (nSPS) is 17.0. The van der Waals surface area contributed by atoms with Gasteiger partial charge in [-0.25, -0.2) is 4.79 Å². The number of amides is 1. The molecule has 3 N–H and O–H groups in total. The third-order valence-electron chi connectivity index (χ3n) is 4.24. The third-order valence-corrected chi connectivity index (χ3v) is 4.24. The van der Waals surface area contributed by atoms with Gasteiger partial charge < -0.3 is 15.2 Å². The minimum atomic E-state index is -4.67. The van der Waals surface area contributed by atoms with Crippen LogP contribution in [0.25, 0.3) is 0 Å². The molecule has 6 nitrogen and oxygen atoms in total. The Kier molecular flexibility index (Phi) is 5.68. The van der Waals surface area contributed by atoms with E-state index < -0.39 is 23.8 Å². The second-order valence-corrected chi connectivity index (χ2v) is 6.78. The highest BCUT2D eigenvalue weighted by atomic mass is 19.4. The largest absolute Gasteiger partial charge is 0.481 e. The van der Waals surface area contributed by atoms with E-state index in [1.807, 2.05) is 0 Å². The molecule has 0 aliphatic carbocycles. The number of carboxylic acids is 1. The number of benzene rings is 1. The highest BCUT2D eigenvalue weighted by Crippen LogP contribution is 2.34. The van der Waals surface area contributed by atoms with Gasteiger partial charge in [-0.15, -0.1) is 0 Å². The summed E-state index contributed by atoms with van der Waals surface area (Å²) in [5, 5.41) is 14.2. The molecule has 1 atom stereocenters. The lowest BCUT2D eigenvalue weighted by molar-refractivity contribution is -0.242. The van der Waals surface area contributed by atoms with E-state index in [-0.39, 0.29) is 12.3 Å². The summed E-state index contributed by atoms with van der Waals surface area (Å²) in [5.41, 5.74) is -0.574. The third kappa shape index (κ3) is 5.03. The fourth-order valence-corrected chi connectivity index (χ4v) is 2.60. The van der Waals surface area contributed by atoms with Crippen LogP contribution in [-0.4, -0.2) is 35.5 Å². The molecule has 0 aromatic heterocycles. The number of halogens is 3. The number of alkyl halides is 3. The second kappa shape index (κ2) is 7.43. The van der Waals surface area contributed by atoms with Crippen molar-refractivity contribution in [3.63, 3.8) is 0 Å². The maximum Gasteiger partial charge on any atom is 0.427 e. The fourth-order valence-electron chi connectivity index (χ4n) is 2.60. The zero-order chi connectivity index (χ0) is 19.5. The first-order valence-electron chi connectivity index (χ1n) is 8.13. The van der Waals surface area contributed by atoms with Crippen LogP contribution in [0.5, 0.6) is 0 Å². The molecular weight excluding hydrogens is 353 g/mol. The van der Waals surface area contributed by atoms with Gasteiger partial charge in [-0.2, -0.15) is 13.2 Å². The van der Waals surface area contributed by atoms with Crippen molar-refractivity contribution >= 4 is 23.4 Å². The fraction of sp³-hybridized carbons (Fsp3) is 0.529. The Balaban J connectivity index is 1.97. The summed E-state index contributed by atoms with van der Waals surface area (Å²) in [6.45, 7) is 2.14. The lowest BCUT2D eigenvalue weighted by Crippen LogP contribution is -2.44. The standard InChI is InChI=1S/C17H21F3N2O4/c1-16(2,17(18,19)20)26-15(25)22-12-5-4-11-7-10(3-6-14(23)24)9-21-13(11)8-12/h4-5,8,10,21H,3,6-7,9H2,1-2H3,(H,22,25)(H,23,24). The predicted octanol–water partition coefficient (Wildman–Crippen LogP) is 4.03. The SMILES string of the molecule is CC(C)(OC(=O)Nc1ccc2c(c1)NCC(CCC(=O)O)C2)C(F)(F)F. The first-order valence-corrected chi connectivity index (χ1v) is 8.13. The molecule has 144 valence electrons. The van der Waals surface area contributed by atoms with Crippen molar-refractivity contribution in [2.24, 2.45) is 5.92 Å². The molecule has 0 saturated heterocycles. The molecule has 1 heterocycles. The highest BCUT2D eigenvalue weighted by Gasteiger charge is 2.50. The molecule has 1 amide bonds. The van der Waals surface area contributed by atoms with Gasteiger partial charge in [0.25, 0.3) is 0 Å². The van der Waals surface area contributed by atoms with Crippen LogP contribution >= 0.6 is 0 Å². The van der Waals surface area contributed by atoms with E-state index in [9.17, 15) is 22.8 Å². The minimum Gasteiger partial charge on any atom is -0.481 e. The Morgan fingerprint density at radius 3 is 2.65 bits per heavy atom. The Bertz CT molecular complexity index is 689. The van der Waals surface area contributed by atoms with Crippen LogP contribution in [-0.2, 0) is 16.0 Å². The van der Waals surface area contributed by atoms with Gasteiger partial charge in [-0.3, -0.25) is 10.1 Å². The molecule has 0 saturated carbocycles. The summed E-state index contributed by atoms with van der Waals surface area (Å²) in [6.07, 6.45) is -4.51. The van der Waals surface area contributed by atoms with Gasteiger partial charge in [0.15, 0.2) is 0 Å². The molecule has 1 aromatic rings. The average Bonchev–Trinajstić information content (AvgIpc) is 2.51. The maximum atomic E-state index is 12.8. The molecule has 0 fully saturated rings. The van der Waals surface area contributed by atoms with E-state index in [0.717, 1.165) is 25.1 Å². The number of hydrogen-bond acceptors (Lipinski definition) is 4. The zero-order valence-corrected chi connectivity index (χ0v) is 14.4. The van der Waals surface area contributed by atoms with E-state index in [4.69, 9.17) is 5.11 Å². The molecule has 1 aliphatic rings. The number of anilines is 2. The number of rotatable bonds is 5. The van der Waals surface area contributed by atoms with Crippen molar-refractivity contribution in [1.82, 2.24) is 0 Å². The van der Waals surface area contributed by atoms with Gasteiger partial charge in [0, 0.05) is 24.3 Å². The number of carboxylic acid groups (broad SMARTS) is 1. The van der Waals surface area contributed by atoms with Gasteiger partial charge in [0.2, 0.25) is 5.60 Å². The minimum absolute atomic E-state index is 0.0994. The van der Waals surface area contributed by atoms with Crippen LogP contribution < -0.4 is 10.6 Å². The number of hydrogen-bond donors (Lipinski definition) is 3. The van der Waals surface area contributed by atoms with E-state index in [1.54, 1.807) is 18.2 Å². The van der Waals surface area contributed by atoms with Gasteiger partial charge in [0.1, 0.15) is 0 Å². The molecule has 9 heteroatoms. The van der Waals surface area contributed by atoms with Gasteiger partial charge in [-0.1, -0.05) is 6.07 Å². The molecule has 0 radical (unpaired) electrons. The summed E-state index contributed by atoms with van der Waals surface area (Å²) < 4.78 is 42.7. The quantitative estimate of drug-likeness (QED) is 0.724. The summed E-state index contributed by atoms with van der Waals surface area (Å²) >= 11 is 0. The molecule has 2 rings (SSSR count). The summed E-state index contributed by atoms with van der Waals surface area (Å²) in [6, 6.07) is 4.94. The van der Waals surface area contributed by atoms with Crippen molar-refractivity contribution in [2.75, 3.05) is 17.2 Å². The van der Waals surface area contributed by atoms with Crippen LogP contribution in [0, 0.1) is 5.92 Å². The van der Waals surface area contributed by atoms with Gasteiger partial charge >= 0.3 is 18.2 Å².